The van der Waals surface area contributed by atoms with E-state index in [1.54, 1.807) is 14.2 Å². The summed E-state index contributed by atoms with van der Waals surface area (Å²) >= 11 is 1.34. The second-order valence-corrected chi connectivity index (χ2v) is 6.41. The van der Waals surface area contributed by atoms with Crippen LogP contribution in [-0.4, -0.2) is 25.2 Å². The van der Waals surface area contributed by atoms with Crippen molar-refractivity contribution in [3.05, 3.63) is 53.4 Å². The molecule has 0 aliphatic carbocycles. The lowest BCUT2D eigenvalue weighted by Crippen LogP contribution is -2.19. The number of urea groups is 1. The first-order valence-corrected chi connectivity index (χ1v) is 8.79. The van der Waals surface area contributed by atoms with E-state index in [2.05, 4.69) is 15.6 Å². The van der Waals surface area contributed by atoms with Crippen molar-refractivity contribution in [2.45, 2.75) is 6.92 Å². The molecule has 0 aliphatic heterocycles. The molecule has 0 spiro atoms. The summed E-state index contributed by atoms with van der Waals surface area (Å²) in [5.74, 6) is 1.40. The number of ether oxygens (including phenoxy) is 2. The fourth-order valence-corrected chi connectivity index (χ4v) is 3.16. The van der Waals surface area contributed by atoms with E-state index in [4.69, 9.17) is 9.47 Å². The van der Waals surface area contributed by atoms with Crippen molar-refractivity contribution in [1.82, 2.24) is 4.98 Å². The van der Waals surface area contributed by atoms with Gasteiger partial charge in [-0.15, -0.1) is 11.3 Å². The zero-order chi connectivity index (χ0) is 18.5. The number of rotatable bonds is 5. The zero-order valence-electron chi connectivity index (χ0n) is 14.7. The van der Waals surface area contributed by atoms with Crippen molar-refractivity contribution >= 4 is 28.2 Å². The van der Waals surface area contributed by atoms with E-state index < -0.39 is 0 Å². The van der Waals surface area contributed by atoms with E-state index in [0.29, 0.717) is 22.3 Å². The molecule has 1 heterocycles. The molecule has 0 saturated carbocycles. The van der Waals surface area contributed by atoms with Crippen LogP contribution in [0.4, 0.5) is 15.6 Å². The average Bonchev–Trinajstić information content (AvgIpc) is 3.09. The Balaban J connectivity index is 1.75. The van der Waals surface area contributed by atoms with Gasteiger partial charge in [0.15, 0.2) is 5.13 Å². The van der Waals surface area contributed by atoms with E-state index >= 15 is 0 Å². The summed E-state index contributed by atoms with van der Waals surface area (Å²) in [5.41, 5.74) is 3.31. The van der Waals surface area contributed by atoms with Gasteiger partial charge >= 0.3 is 6.03 Å². The summed E-state index contributed by atoms with van der Waals surface area (Å²) in [6.07, 6.45) is 0. The number of nitrogens with one attached hydrogen (secondary N) is 2. The molecule has 2 amide bonds. The minimum absolute atomic E-state index is 0.339. The van der Waals surface area contributed by atoms with Gasteiger partial charge in [-0.2, -0.15) is 0 Å². The molecule has 1 aromatic heterocycles. The van der Waals surface area contributed by atoms with E-state index in [9.17, 15) is 4.79 Å². The highest BCUT2D eigenvalue weighted by Crippen LogP contribution is 2.35. The molecule has 2 aromatic carbocycles. The second kappa shape index (κ2) is 7.88. The van der Waals surface area contributed by atoms with Gasteiger partial charge in [0.25, 0.3) is 0 Å². The van der Waals surface area contributed by atoms with Crippen molar-refractivity contribution in [3.63, 3.8) is 0 Å². The Labute approximate surface area is 155 Å². The number of benzene rings is 2. The van der Waals surface area contributed by atoms with Gasteiger partial charge in [-0.3, -0.25) is 5.32 Å². The Bertz CT molecular complexity index is 924. The first kappa shape index (κ1) is 17.8. The minimum atomic E-state index is -0.339. The Morgan fingerprint density at radius 3 is 2.65 bits per heavy atom. The van der Waals surface area contributed by atoms with Crippen LogP contribution >= 0.6 is 11.3 Å². The molecule has 0 aliphatic rings. The SMILES string of the molecule is COc1ccc(OC)c(-c2csc(NC(=O)Nc3cccc(C)c3)n2)c1. The van der Waals surface area contributed by atoms with Gasteiger partial charge in [0, 0.05) is 16.6 Å². The number of anilines is 2. The van der Waals surface area contributed by atoms with Crippen LogP contribution in [0.25, 0.3) is 11.3 Å². The number of carbonyl (C=O) groups is 1. The van der Waals surface area contributed by atoms with Gasteiger partial charge in [-0.1, -0.05) is 12.1 Å². The number of aryl methyl sites for hydroxylation is 1. The highest BCUT2D eigenvalue weighted by atomic mass is 32.1. The maximum absolute atomic E-state index is 12.2. The van der Waals surface area contributed by atoms with Gasteiger partial charge in [0.1, 0.15) is 11.5 Å². The number of hydrogen-bond acceptors (Lipinski definition) is 5. The van der Waals surface area contributed by atoms with E-state index in [0.717, 1.165) is 16.8 Å². The second-order valence-electron chi connectivity index (χ2n) is 5.55. The first-order valence-electron chi connectivity index (χ1n) is 7.91. The van der Waals surface area contributed by atoms with E-state index in [1.165, 1.54) is 11.3 Å². The van der Waals surface area contributed by atoms with Crippen molar-refractivity contribution < 1.29 is 14.3 Å². The van der Waals surface area contributed by atoms with Crippen molar-refractivity contribution in [1.29, 1.82) is 0 Å². The Hall–Kier alpha value is -3.06. The number of nitrogens with zero attached hydrogens (tertiary/aromatic N) is 1. The largest absolute Gasteiger partial charge is 0.497 e. The molecule has 7 heteroatoms. The topological polar surface area (TPSA) is 72.5 Å². The number of methoxy groups -OCH3 is 2. The maximum atomic E-state index is 12.2. The molecule has 3 aromatic rings. The predicted octanol–water partition coefficient (Wildman–Crippen LogP) is 4.78. The van der Waals surface area contributed by atoms with Gasteiger partial charge < -0.3 is 14.8 Å². The first-order chi connectivity index (χ1) is 12.6. The van der Waals surface area contributed by atoms with Crippen LogP contribution in [0, 0.1) is 6.92 Å². The normalized spacial score (nSPS) is 10.3. The molecule has 0 atom stereocenters. The van der Waals surface area contributed by atoms with Gasteiger partial charge in [-0.25, -0.2) is 9.78 Å². The molecular weight excluding hydrogens is 350 g/mol. The lowest BCUT2D eigenvalue weighted by atomic mass is 10.1. The number of amides is 2. The predicted molar refractivity (Wildman–Crippen MR) is 104 cm³/mol. The summed E-state index contributed by atoms with van der Waals surface area (Å²) in [4.78, 5) is 16.6. The molecule has 26 heavy (non-hydrogen) atoms. The molecule has 0 fully saturated rings. The summed E-state index contributed by atoms with van der Waals surface area (Å²) in [5, 5.41) is 7.90. The lowest BCUT2D eigenvalue weighted by molar-refractivity contribution is 0.262. The molecular formula is C19H19N3O3S. The molecule has 3 rings (SSSR count). The van der Waals surface area contributed by atoms with Crippen LogP contribution in [0.3, 0.4) is 0 Å². The van der Waals surface area contributed by atoms with Gasteiger partial charge in [-0.05, 0) is 42.8 Å². The van der Waals surface area contributed by atoms with Gasteiger partial charge in [0.05, 0.1) is 19.9 Å². The third-order valence-corrected chi connectivity index (χ3v) is 4.44. The minimum Gasteiger partial charge on any atom is -0.497 e. The van der Waals surface area contributed by atoms with Crippen LogP contribution in [0.15, 0.2) is 47.8 Å². The van der Waals surface area contributed by atoms with Crippen LogP contribution in [0.5, 0.6) is 11.5 Å². The third kappa shape index (κ3) is 4.12. The fraction of sp³-hybridized carbons (Fsp3) is 0.158. The molecule has 0 radical (unpaired) electrons. The molecule has 6 nitrogen and oxygen atoms in total. The molecule has 0 unspecified atom stereocenters. The van der Waals surface area contributed by atoms with Crippen molar-refractivity contribution in [3.8, 4) is 22.8 Å². The van der Waals surface area contributed by atoms with Crippen LogP contribution in [0.1, 0.15) is 5.56 Å². The monoisotopic (exact) mass is 369 g/mol. The summed E-state index contributed by atoms with van der Waals surface area (Å²) in [6.45, 7) is 1.97. The molecule has 0 bridgehead atoms. The van der Waals surface area contributed by atoms with Crippen LogP contribution in [-0.2, 0) is 0 Å². The summed E-state index contributed by atoms with van der Waals surface area (Å²) in [6, 6.07) is 12.8. The molecule has 134 valence electrons. The van der Waals surface area contributed by atoms with Crippen LogP contribution < -0.4 is 20.1 Å². The molecule has 2 N–H and O–H groups in total. The quantitative estimate of drug-likeness (QED) is 0.679. The van der Waals surface area contributed by atoms with E-state index in [1.807, 2.05) is 54.8 Å². The maximum Gasteiger partial charge on any atom is 0.325 e. The highest BCUT2D eigenvalue weighted by molar-refractivity contribution is 7.14. The average molecular weight is 369 g/mol. The number of aromatic nitrogens is 1. The Morgan fingerprint density at radius 2 is 1.92 bits per heavy atom. The lowest BCUT2D eigenvalue weighted by Gasteiger charge is -2.08. The number of carbonyl (C=O) groups excluding carboxylic acids is 1. The third-order valence-electron chi connectivity index (χ3n) is 3.68. The standard InChI is InChI=1S/C19H19N3O3S/c1-12-5-4-6-13(9-12)20-18(23)22-19-21-16(11-26-19)15-10-14(24-2)7-8-17(15)25-3/h4-11H,1-3H3,(H2,20,21,22,23). The Morgan fingerprint density at radius 1 is 1.08 bits per heavy atom. The highest BCUT2D eigenvalue weighted by Gasteiger charge is 2.13. The number of thiazole rings is 1. The molecule has 0 saturated heterocycles. The Kier molecular flexibility index (Phi) is 5.38. The van der Waals surface area contributed by atoms with Gasteiger partial charge in [0.2, 0.25) is 0 Å². The smallest absolute Gasteiger partial charge is 0.325 e. The summed E-state index contributed by atoms with van der Waals surface area (Å²) in [7, 11) is 3.21. The van der Waals surface area contributed by atoms with E-state index in [-0.39, 0.29) is 6.03 Å². The van der Waals surface area contributed by atoms with Crippen LogP contribution in [0.2, 0.25) is 0 Å². The number of hydrogen-bond donors (Lipinski definition) is 2. The van der Waals surface area contributed by atoms with Crippen molar-refractivity contribution in [2.24, 2.45) is 0 Å². The fourth-order valence-electron chi connectivity index (χ4n) is 2.45. The summed E-state index contributed by atoms with van der Waals surface area (Å²) < 4.78 is 10.7. The zero-order valence-corrected chi connectivity index (χ0v) is 15.5. The van der Waals surface area contributed by atoms with Crippen molar-refractivity contribution in [2.75, 3.05) is 24.9 Å².